The van der Waals surface area contributed by atoms with Crippen molar-refractivity contribution >= 4 is 32.6 Å². The predicted molar refractivity (Wildman–Crippen MR) is 128 cm³/mol. The van der Waals surface area contributed by atoms with E-state index in [-0.39, 0.29) is 41.6 Å². The van der Waals surface area contributed by atoms with Crippen LogP contribution in [0, 0.1) is 0 Å². The van der Waals surface area contributed by atoms with Crippen LogP contribution in [0.1, 0.15) is 41.5 Å². The Morgan fingerprint density at radius 3 is 2.21 bits per heavy atom. The van der Waals surface area contributed by atoms with Crippen LogP contribution in [0.4, 0.5) is 0 Å². The minimum atomic E-state index is -3.92. The highest BCUT2D eigenvalue weighted by molar-refractivity contribution is 7.92. The zero-order valence-electron chi connectivity index (χ0n) is 20.3. The van der Waals surface area contributed by atoms with E-state index in [2.05, 4.69) is 0 Å². The minimum Gasteiger partial charge on any atom is -0.372 e. The van der Waals surface area contributed by atoms with Crippen molar-refractivity contribution in [3.8, 4) is 0 Å². The molecule has 0 radical (unpaired) electrons. The topological polar surface area (TPSA) is 88.9 Å². The highest BCUT2D eigenvalue weighted by atomic mass is 32.2. The monoisotopic (exact) mass is 477 g/mol. The molecule has 1 aliphatic heterocycles. The Balaban J connectivity index is 1.90. The average molecular weight is 478 g/mol. The fraction of sp³-hybridized carbons (Fsp3) is 0.583. The third-order valence-corrected chi connectivity index (χ3v) is 7.50. The number of aromatic nitrogens is 1. The van der Waals surface area contributed by atoms with Crippen LogP contribution in [0.5, 0.6) is 0 Å². The number of sulfone groups is 1. The lowest BCUT2D eigenvalue weighted by molar-refractivity contribution is -0.140. The van der Waals surface area contributed by atoms with Gasteiger partial charge in [0.25, 0.3) is 0 Å². The molecule has 2 atom stereocenters. The maximum absolute atomic E-state index is 13.3. The van der Waals surface area contributed by atoms with Crippen molar-refractivity contribution < 1.29 is 22.7 Å². The number of rotatable bonds is 7. The first-order chi connectivity index (χ1) is 15.4. The van der Waals surface area contributed by atoms with Gasteiger partial charge in [-0.1, -0.05) is 18.2 Å². The molecule has 3 rings (SSSR count). The van der Waals surface area contributed by atoms with Crippen LogP contribution in [-0.4, -0.2) is 77.7 Å². The maximum atomic E-state index is 13.3. The van der Waals surface area contributed by atoms with Crippen LogP contribution >= 0.6 is 0 Å². The van der Waals surface area contributed by atoms with E-state index in [1.54, 1.807) is 32.6 Å². The molecule has 0 bridgehead atoms. The van der Waals surface area contributed by atoms with Gasteiger partial charge in [0.05, 0.1) is 17.1 Å². The molecule has 1 saturated heterocycles. The lowest BCUT2D eigenvalue weighted by atomic mass is 10.2. The number of hydrogen-bond acceptors (Lipinski definition) is 5. The number of hydrogen-bond donors (Lipinski definition) is 0. The van der Waals surface area contributed by atoms with E-state index in [4.69, 9.17) is 4.74 Å². The molecule has 33 heavy (non-hydrogen) atoms. The van der Waals surface area contributed by atoms with Gasteiger partial charge in [-0.25, -0.2) is 8.42 Å². The number of morpholine rings is 1. The summed E-state index contributed by atoms with van der Waals surface area (Å²) in [6.07, 6.45) is 1.21. The average Bonchev–Trinajstić information content (AvgIpc) is 3.06. The molecule has 1 aromatic carbocycles. The standard InChI is InChI=1S/C24H35N3O5S/c1-16(2)27(17(3)4)23(28)14-25-13-22(20-9-7-8-10-21(20)25)33(30,31)15-24(29)26-11-18(5)32-19(6)12-26/h7-10,13,16-19H,11-12,14-15H2,1-6H3/t18-,19-/m0/s1. The number of amides is 2. The zero-order valence-corrected chi connectivity index (χ0v) is 21.1. The molecule has 8 nitrogen and oxygen atoms in total. The summed E-state index contributed by atoms with van der Waals surface area (Å²) in [4.78, 5) is 29.3. The summed E-state index contributed by atoms with van der Waals surface area (Å²) in [7, 11) is -3.92. The number of carbonyl (C=O) groups is 2. The smallest absolute Gasteiger partial charge is 0.242 e. The van der Waals surface area contributed by atoms with E-state index in [9.17, 15) is 18.0 Å². The maximum Gasteiger partial charge on any atom is 0.242 e. The first kappa shape index (κ1) is 25.2. The minimum absolute atomic E-state index is 0.0263. The molecule has 0 aliphatic carbocycles. The number of para-hydroxylation sites is 1. The Hall–Kier alpha value is -2.39. The van der Waals surface area contributed by atoms with Crippen molar-refractivity contribution in [1.82, 2.24) is 14.4 Å². The summed E-state index contributed by atoms with van der Waals surface area (Å²) in [5.41, 5.74) is 0.651. The van der Waals surface area contributed by atoms with Gasteiger partial charge in [0.1, 0.15) is 12.3 Å². The van der Waals surface area contributed by atoms with Crippen LogP contribution in [0.2, 0.25) is 0 Å². The third-order valence-electron chi connectivity index (χ3n) is 5.88. The Morgan fingerprint density at radius 2 is 1.64 bits per heavy atom. The van der Waals surface area contributed by atoms with Gasteiger partial charge in [0, 0.05) is 42.3 Å². The molecule has 0 saturated carbocycles. The molecular weight excluding hydrogens is 442 g/mol. The lowest BCUT2D eigenvalue weighted by Gasteiger charge is -2.35. The number of carbonyl (C=O) groups excluding carboxylic acids is 2. The SMILES string of the molecule is CC(C)N(C(=O)Cn1cc(S(=O)(=O)CC(=O)N2C[C@H](C)O[C@@H](C)C2)c2ccccc21)C(C)C. The van der Waals surface area contributed by atoms with Gasteiger partial charge in [-0.2, -0.15) is 0 Å². The molecular formula is C24H35N3O5S. The molecule has 0 unspecified atom stereocenters. The summed E-state index contributed by atoms with van der Waals surface area (Å²) in [6, 6.07) is 7.13. The summed E-state index contributed by atoms with van der Waals surface area (Å²) in [5, 5.41) is 0.516. The van der Waals surface area contributed by atoms with Gasteiger partial charge in [-0.05, 0) is 47.6 Å². The molecule has 0 N–H and O–H groups in total. The second kappa shape index (κ2) is 9.85. The summed E-state index contributed by atoms with van der Waals surface area (Å²) in [5.74, 6) is -1.13. The molecule has 1 aromatic heterocycles. The third kappa shape index (κ3) is 5.58. The molecule has 9 heteroatoms. The first-order valence-corrected chi connectivity index (χ1v) is 13.1. The summed E-state index contributed by atoms with van der Waals surface area (Å²) in [6.45, 7) is 12.3. The van der Waals surface area contributed by atoms with Crippen LogP contribution in [-0.2, 0) is 30.7 Å². The van der Waals surface area contributed by atoms with Gasteiger partial charge >= 0.3 is 0 Å². The Bertz CT molecular complexity index is 1100. The van der Waals surface area contributed by atoms with E-state index >= 15 is 0 Å². The summed E-state index contributed by atoms with van der Waals surface area (Å²) < 4.78 is 34.0. The Labute approximate surface area is 196 Å². The van der Waals surface area contributed by atoms with Crippen LogP contribution in [0.15, 0.2) is 35.4 Å². The largest absolute Gasteiger partial charge is 0.372 e. The van der Waals surface area contributed by atoms with Crippen LogP contribution < -0.4 is 0 Å². The lowest BCUT2D eigenvalue weighted by Crippen LogP contribution is -2.49. The van der Waals surface area contributed by atoms with Crippen molar-refractivity contribution in [2.24, 2.45) is 0 Å². The molecule has 182 valence electrons. The highest BCUT2D eigenvalue weighted by Crippen LogP contribution is 2.27. The van der Waals surface area contributed by atoms with Crippen molar-refractivity contribution in [2.75, 3.05) is 18.8 Å². The number of benzene rings is 1. The van der Waals surface area contributed by atoms with Crippen molar-refractivity contribution in [3.05, 3.63) is 30.5 Å². The molecule has 2 amide bonds. The van der Waals surface area contributed by atoms with Gasteiger partial charge in [0.2, 0.25) is 11.8 Å². The van der Waals surface area contributed by atoms with E-state index in [0.717, 1.165) is 0 Å². The fourth-order valence-electron chi connectivity index (χ4n) is 4.70. The molecule has 0 spiro atoms. The van der Waals surface area contributed by atoms with E-state index < -0.39 is 21.5 Å². The number of nitrogens with zero attached hydrogens (tertiary/aromatic N) is 3. The second-order valence-corrected chi connectivity index (χ2v) is 11.4. The number of fused-ring (bicyclic) bond motifs is 1. The fourth-order valence-corrected chi connectivity index (χ4v) is 6.16. The normalized spacial score (nSPS) is 19.5. The number of ether oxygens (including phenoxy) is 1. The summed E-state index contributed by atoms with van der Waals surface area (Å²) >= 11 is 0. The van der Waals surface area contributed by atoms with Crippen molar-refractivity contribution in [1.29, 1.82) is 0 Å². The van der Waals surface area contributed by atoms with E-state index in [1.165, 1.54) is 6.20 Å². The predicted octanol–water partition coefficient (Wildman–Crippen LogP) is 2.70. The first-order valence-electron chi connectivity index (χ1n) is 11.5. The van der Waals surface area contributed by atoms with Gasteiger partial charge in [-0.3, -0.25) is 9.59 Å². The Morgan fingerprint density at radius 1 is 1.06 bits per heavy atom. The molecule has 2 heterocycles. The second-order valence-electron chi connectivity index (χ2n) is 9.44. The van der Waals surface area contributed by atoms with Crippen LogP contribution in [0.25, 0.3) is 10.9 Å². The quantitative estimate of drug-likeness (QED) is 0.612. The van der Waals surface area contributed by atoms with Crippen molar-refractivity contribution in [3.63, 3.8) is 0 Å². The highest BCUT2D eigenvalue weighted by Gasteiger charge is 2.31. The molecule has 1 fully saturated rings. The van der Waals surface area contributed by atoms with Crippen LogP contribution in [0.3, 0.4) is 0 Å². The molecule has 2 aromatic rings. The van der Waals surface area contributed by atoms with Gasteiger partial charge < -0.3 is 19.1 Å². The molecule has 1 aliphatic rings. The van der Waals surface area contributed by atoms with Gasteiger partial charge in [-0.15, -0.1) is 0 Å². The Kier molecular flexibility index (Phi) is 7.53. The van der Waals surface area contributed by atoms with Gasteiger partial charge in [0.15, 0.2) is 9.84 Å². The zero-order chi connectivity index (χ0) is 24.5. The van der Waals surface area contributed by atoms with E-state index in [0.29, 0.717) is 24.0 Å². The van der Waals surface area contributed by atoms with Crippen molar-refractivity contribution in [2.45, 2.75) is 77.3 Å². The van der Waals surface area contributed by atoms with E-state index in [1.807, 2.05) is 47.6 Å².